The van der Waals surface area contributed by atoms with Gasteiger partial charge >= 0.3 is 5.97 Å². The molecule has 0 atom stereocenters. The predicted molar refractivity (Wildman–Crippen MR) is 107 cm³/mol. The Balaban J connectivity index is 1.77. The Labute approximate surface area is 168 Å². The van der Waals surface area contributed by atoms with E-state index < -0.39 is 22.5 Å². The quantitative estimate of drug-likeness (QED) is 0.458. The number of hydrogen-bond acceptors (Lipinski definition) is 6. The molecule has 8 heteroatoms. The number of benzene rings is 3. The minimum absolute atomic E-state index is 0.0856. The fourth-order valence-electron chi connectivity index (χ4n) is 2.75. The van der Waals surface area contributed by atoms with Crippen LogP contribution in [0.4, 0.5) is 0 Å². The van der Waals surface area contributed by atoms with E-state index in [1.54, 1.807) is 12.1 Å². The fraction of sp³-hybridized carbons (Fsp3) is 0.143. The number of fused-ring (bicyclic) bond motifs is 1. The van der Waals surface area contributed by atoms with Crippen LogP contribution >= 0.6 is 0 Å². The number of likely N-dealkylation sites (N-methyl/N-ethyl adjacent to an activating group) is 1. The number of carbonyl (C=O) groups is 1. The van der Waals surface area contributed by atoms with Crippen LogP contribution < -0.4 is 9.47 Å². The first-order chi connectivity index (χ1) is 13.8. The Kier molecular flexibility index (Phi) is 5.82. The number of nitrogens with zero attached hydrogens (tertiary/aromatic N) is 2. The summed E-state index contributed by atoms with van der Waals surface area (Å²) >= 11 is 0. The summed E-state index contributed by atoms with van der Waals surface area (Å²) in [7, 11) is -1.20. The van der Waals surface area contributed by atoms with Crippen molar-refractivity contribution in [2.75, 3.05) is 20.7 Å². The van der Waals surface area contributed by atoms with Crippen molar-refractivity contribution in [3.05, 3.63) is 66.2 Å². The van der Waals surface area contributed by atoms with E-state index in [-0.39, 0.29) is 16.4 Å². The zero-order valence-corrected chi connectivity index (χ0v) is 16.6. The van der Waals surface area contributed by atoms with Gasteiger partial charge in [-0.2, -0.15) is 9.57 Å². The maximum Gasteiger partial charge on any atom is 0.326 e. The van der Waals surface area contributed by atoms with Gasteiger partial charge in [0.05, 0.1) is 23.6 Å². The zero-order chi connectivity index (χ0) is 21.0. The maximum atomic E-state index is 12.8. The average Bonchev–Trinajstić information content (AvgIpc) is 2.73. The lowest BCUT2D eigenvalue weighted by molar-refractivity contribution is -0.134. The largest absolute Gasteiger partial charge is 0.493 e. The molecular weight excluding hydrogens is 392 g/mol. The molecule has 0 N–H and O–H groups in total. The van der Waals surface area contributed by atoms with E-state index in [1.807, 2.05) is 30.3 Å². The highest BCUT2D eigenvalue weighted by atomic mass is 32.2. The standard InChI is InChI=1S/C21H18N2O5S/c1-23(14-21(24)28-19-10-7-15(13-22)11-20(19)27-2)29(25,26)18-9-8-16-5-3-4-6-17(16)12-18/h3-12H,14H2,1-2H3. The molecular formula is C21H18N2O5S. The Morgan fingerprint density at radius 1 is 1.03 bits per heavy atom. The minimum atomic E-state index is -3.89. The van der Waals surface area contributed by atoms with Crippen LogP contribution in [0.25, 0.3) is 10.8 Å². The van der Waals surface area contributed by atoms with Gasteiger partial charge in [-0.25, -0.2) is 8.42 Å². The van der Waals surface area contributed by atoms with Gasteiger partial charge in [0, 0.05) is 13.1 Å². The van der Waals surface area contributed by atoms with Gasteiger partial charge in [0.1, 0.15) is 6.54 Å². The summed E-state index contributed by atoms with van der Waals surface area (Å²) in [5, 5.41) is 10.6. The highest BCUT2D eigenvalue weighted by Crippen LogP contribution is 2.28. The van der Waals surface area contributed by atoms with E-state index >= 15 is 0 Å². The Bertz CT molecular complexity index is 1220. The first-order valence-electron chi connectivity index (χ1n) is 8.59. The summed E-state index contributed by atoms with van der Waals surface area (Å²) in [5.74, 6) is -0.467. The van der Waals surface area contributed by atoms with Crippen molar-refractivity contribution < 1.29 is 22.7 Å². The summed E-state index contributed by atoms with van der Waals surface area (Å²) in [4.78, 5) is 12.4. The first-order valence-corrected chi connectivity index (χ1v) is 10.0. The molecule has 3 aromatic rings. The van der Waals surface area contributed by atoms with Crippen molar-refractivity contribution in [1.29, 1.82) is 5.26 Å². The van der Waals surface area contributed by atoms with Crippen molar-refractivity contribution in [2.45, 2.75) is 4.90 Å². The van der Waals surface area contributed by atoms with Crippen molar-refractivity contribution in [1.82, 2.24) is 4.31 Å². The fourth-order valence-corrected chi connectivity index (χ4v) is 3.90. The first kappa shape index (κ1) is 20.3. The van der Waals surface area contributed by atoms with Gasteiger partial charge in [0.25, 0.3) is 0 Å². The lowest BCUT2D eigenvalue weighted by Crippen LogP contribution is -2.34. The molecule has 0 unspecified atom stereocenters. The van der Waals surface area contributed by atoms with Gasteiger partial charge in [-0.05, 0) is 35.0 Å². The van der Waals surface area contributed by atoms with Gasteiger partial charge < -0.3 is 9.47 Å². The maximum absolute atomic E-state index is 12.8. The lowest BCUT2D eigenvalue weighted by atomic mass is 10.1. The van der Waals surface area contributed by atoms with Gasteiger partial charge in [-0.1, -0.05) is 30.3 Å². The second-order valence-electron chi connectivity index (χ2n) is 6.22. The second-order valence-corrected chi connectivity index (χ2v) is 8.27. The summed E-state index contributed by atoms with van der Waals surface area (Å²) in [6, 6.07) is 18.5. The van der Waals surface area contributed by atoms with E-state index in [2.05, 4.69) is 0 Å². The molecule has 7 nitrogen and oxygen atoms in total. The molecule has 148 valence electrons. The molecule has 3 aromatic carbocycles. The van der Waals surface area contributed by atoms with E-state index in [0.29, 0.717) is 5.56 Å². The van der Waals surface area contributed by atoms with Crippen molar-refractivity contribution in [3.8, 4) is 17.6 Å². The molecule has 0 saturated heterocycles. The van der Waals surface area contributed by atoms with Gasteiger partial charge in [0.15, 0.2) is 11.5 Å². The summed E-state index contributed by atoms with van der Waals surface area (Å²) < 4.78 is 36.9. The highest BCUT2D eigenvalue weighted by molar-refractivity contribution is 7.89. The van der Waals surface area contributed by atoms with Crippen LogP contribution in [-0.4, -0.2) is 39.4 Å². The summed E-state index contributed by atoms with van der Waals surface area (Å²) in [6.07, 6.45) is 0. The molecule has 0 heterocycles. The van der Waals surface area contributed by atoms with Gasteiger partial charge in [-0.3, -0.25) is 4.79 Å². The molecule has 0 amide bonds. The number of carbonyl (C=O) groups excluding carboxylic acids is 1. The molecule has 0 saturated carbocycles. The van der Waals surface area contributed by atoms with E-state index in [1.165, 1.54) is 38.4 Å². The number of nitriles is 1. The molecule has 29 heavy (non-hydrogen) atoms. The van der Waals surface area contributed by atoms with Crippen LogP contribution in [0.3, 0.4) is 0 Å². The molecule has 0 fully saturated rings. The smallest absolute Gasteiger partial charge is 0.326 e. The van der Waals surface area contributed by atoms with Crippen LogP contribution in [0, 0.1) is 11.3 Å². The molecule has 0 aliphatic heterocycles. The van der Waals surface area contributed by atoms with Gasteiger partial charge in [-0.15, -0.1) is 0 Å². The Morgan fingerprint density at radius 3 is 2.45 bits per heavy atom. The van der Waals surface area contributed by atoms with Crippen LogP contribution in [-0.2, 0) is 14.8 Å². The zero-order valence-electron chi connectivity index (χ0n) is 15.8. The molecule has 0 spiro atoms. The molecule has 0 radical (unpaired) electrons. The third-order valence-corrected chi connectivity index (χ3v) is 6.10. The second kappa shape index (κ2) is 8.31. The molecule has 0 aliphatic rings. The third-order valence-electron chi connectivity index (χ3n) is 4.30. The number of sulfonamides is 1. The normalized spacial score (nSPS) is 11.2. The van der Waals surface area contributed by atoms with E-state index in [9.17, 15) is 13.2 Å². The van der Waals surface area contributed by atoms with E-state index in [0.717, 1.165) is 15.1 Å². The molecule has 3 rings (SSSR count). The van der Waals surface area contributed by atoms with Crippen molar-refractivity contribution in [3.63, 3.8) is 0 Å². The van der Waals surface area contributed by atoms with Crippen LogP contribution in [0.2, 0.25) is 0 Å². The van der Waals surface area contributed by atoms with Crippen LogP contribution in [0.1, 0.15) is 5.56 Å². The number of rotatable bonds is 6. The molecule has 0 aromatic heterocycles. The lowest BCUT2D eigenvalue weighted by Gasteiger charge is -2.17. The predicted octanol–water partition coefficient (Wildman–Crippen LogP) is 2.95. The molecule has 0 bridgehead atoms. The van der Waals surface area contributed by atoms with E-state index in [4.69, 9.17) is 14.7 Å². The number of esters is 1. The Hall–Kier alpha value is -3.41. The SMILES string of the molecule is COc1cc(C#N)ccc1OC(=O)CN(C)S(=O)(=O)c1ccc2ccccc2c1. The molecule has 0 aliphatic carbocycles. The van der Waals surface area contributed by atoms with Gasteiger partial charge in [0.2, 0.25) is 10.0 Å². The average molecular weight is 410 g/mol. The van der Waals surface area contributed by atoms with Crippen molar-refractivity contribution >= 4 is 26.8 Å². The summed E-state index contributed by atoms with van der Waals surface area (Å²) in [5.41, 5.74) is 0.345. The monoisotopic (exact) mass is 410 g/mol. The van der Waals surface area contributed by atoms with Crippen molar-refractivity contribution in [2.24, 2.45) is 0 Å². The topological polar surface area (TPSA) is 96.7 Å². The Morgan fingerprint density at radius 2 is 1.76 bits per heavy atom. The number of hydrogen-bond donors (Lipinski definition) is 0. The third kappa shape index (κ3) is 4.37. The van der Waals surface area contributed by atoms with Crippen LogP contribution in [0.5, 0.6) is 11.5 Å². The summed E-state index contributed by atoms with van der Waals surface area (Å²) in [6.45, 7) is -0.488. The highest BCUT2D eigenvalue weighted by Gasteiger charge is 2.24. The minimum Gasteiger partial charge on any atom is -0.493 e. The van der Waals surface area contributed by atoms with Crippen LogP contribution in [0.15, 0.2) is 65.6 Å². The number of methoxy groups -OCH3 is 1. The number of ether oxygens (including phenoxy) is 2.